The summed E-state index contributed by atoms with van der Waals surface area (Å²) in [5.74, 6) is -1.03. The average Bonchev–Trinajstić information content (AvgIpc) is 3.17. The van der Waals surface area contributed by atoms with Crippen LogP contribution >= 0.6 is 0 Å². The zero-order valence-corrected chi connectivity index (χ0v) is 18.8. The number of aromatic nitrogens is 1. The Bertz CT molecular complexity index is 1100. The summed E-state index contributed by atoms with van der Waals surface area (Å²) in [5.41, 5.74) is 3.39. The smallest absolute Gasteiger partial charge is 0.348 e. The third kappa shape index (κ3) is 4.65. The molecule has 0 spiro atoms. The van der Waals surface area contributed by atoms with Gasteiger partial charge in [0.1, 0.15) is 18.2 Å². The lowest BCUT2D eigenvalue weighted by atomic mass is 10.1. The Morgan fingerprint density at radius 1 is 1.12 bits per heavy atom. The van der Waals surface area contributed by atoms with Gasteiger partial charge in [0, 0.05) is 17.9 Å². The van der Waals surface area contributed by atoms with E-state index in [4.69, 9.17) is 4.74 Å². The fraction of sp³-hybridized carbons (Fsp3) is 0.360. The number of benzene rings is 1. The lowest BCUT2D eigenvalue weighted by Gasteiger charge is -2.13. The molecule has 0 bridgehead atoms. The van der Waals surface area contributed by atoms with Crippen molar-refractivity contribution >= 4 is 23.9 Å². The van der Waals surface area contributed by atoms with E-state index in [2.05, 4.69) is 18.4 Å². The first-order valence-corrected chi connectivity index (χ1v) is 10.7. The topological polar surface area (TPSA) is 92.4 Å². The van der Waals surface area contributed by atoms with Crippen LogP contribution in [0.2, 0.25) is 0 Å². The van der Waals surface area contributed by atoms with Crippen LogP contribution in [0.4, 0.5) is 0 Å². The molecule has 0 unspecified atom stereocenters. The number of ether oxygens (including phenoxy) is 1. The van der Waals surface area contributed by atoms with Crippen molar-refractivity contribution in [1.29, 1.82) is 5.26 Å². The second kappa shape index (κ2) is 9.65. The number of carbonyl (C=O) groups is 3. The molecule has 166 valence electrons. The van der Waals surface area contributed by atoms with Crippen LogP contribution in [0.15, 0.2) is 35.9 Å². The summed E-state index contributed by atoms with van der Waals surface area (Å²) in [6.07, 6.45) is 2.56. The molecular weight excluding hydrogens is 406 g/mol. The molecule has 2 amide bonds. The largest absolute Gasteiger partial charge is 0.460 e. The van der Waals surface area contributed by atoms with Crippen molar-refractivity contribution in [2.24, 2.45) is 5.92 Å². The standard InChI is InChI=1S/C25H27N3O4/c1-16(2)9-10-27-17(3)13-19(18(27)4)14-20(15-26)25(31)32-12-11-28-23(29)21-7-5-6-8-22(21)24(28)30/h5-8,13-14,16H,9-12H2,1-4H3/b20-14-. The van der Waals surface area contributed by atoms with E-state index < -0.39 is 17.8 Å². The molecule has 0 N–H and O–H groups in total. The number of nitriles is 1. The Labute approximate surface area is 187 Å². The molecule has 32 heavy (non-hydrogen) atoms. The quantitative estimate of drug-likeness (QED) is 0.272. The van der Waals surface area contributed by atoms with Crippen molar-refractivity contribution in [1.82, 2.24) is 9.47 Å². The molecule has 0 aliphatic carbocycles. The first-order chi connectivity index (χ1) is 15.2. The van der Waals surface area contributed by atoms with E-state index in [1.54, 1.807) is 24.3 Å². The third-order valence-corrected chi connectivity index (χ3v) is 5.61. The van der Waals surface area contributed by atoms with Gasteiger partial charge in [-0.15, -0.1) is 0 Å². The van der Waals surface area contributed by atoms with Gasteiger partial charge in [0.15, 0.2) is 0 Å². The maximum Gasteiger partial charge on any atom is 0.348 e. The molecule has 1 aromatic heterocycles. The molecule has 0 radical (unpaired) electrons. The number of fused-ring (bicyclic) bond motifs is 1. The highest BCUT2D eigenvalue weighted by molar-refractivity contribution is 6.21. The Kier molecular flexibility index (Phi) is 6.94. The number of hydrogen-bond donors (Lipinski definition) is 0. The van der Waals surface area contributed by atoms with Gasteiger partial charge in [0.05, 0.1) is 17.7 Å². The number of aryl methyl sites for hydroxylation is 1. The van der Waals surface area contributed by atoms with E-state index in [0.29, 0.717) is 17.0 Å². The Morgan fingerprint density at radius 3 is 2.31 bits per heavy atom. The number of hydrogen-bond acceptors (Lipinski definition) is 5. The first-order valence-electron chi connectivity index (χ1n) is 10.7. The van der Waals surface area contributed by atoms with Crippen LogP contribution in [0, 0.1) is 31.1 Å². The van der Waals surface area contributed by atoms with Crippen LogP contribution in [0.25, 0.3) is 6.08 Å². The molecule has 1 aliphatic heterocycles. The Balaban J connectivity index is 1.64. The van der Waals surface area contributed by atoms with Crippen molar-refractivity contribution in [2.45, 2.75) is 40.7 Å². The van der Waals surface area contributed by atoms with Crippen molar-refractivity contribution in [3.05, 3.63) is 64.0 Å². The van der Waals surface area contributed by atoms with Crippen LogP contribution in [0.3, 0.4) is 0 Å². The third-order valence-electron chi connectivity index (χ3n) is 5.61. The summed E-state index contributed by atoms with van der Waals surface area (Å²) in [5, 5.41) is 9.47. The summed E-state index contributed by atoms with van der Waals surface area (Å²) >= 11 is 0. The lowest BCUT2D eigenvalue weighted by Crippen LogP contribution is -2.33. The highest BCUT2D eigenvalue weighted by atomic mass is 16.5. The van der Waals surface area contributed by atoms with E-state index in [0.717, 1.165) is 34.8 Å². The molecule has 7 nitrogen and oxygen atoms in total. The minimum absolute atomic E-state index is 0.0689. The second-order valence-electron chi connectivity index (χ2n) is 8.27. The van der Waals surface area contributed by atoms with E-state index in [-0.39, 0.29) is 18.7 Å². The maximum atomic E-state index is 12.4. The van der Waals surface area contributed by atoms with Crippen molar-refractivity contribution < 1.29 is 19.1 Å². The van der Waals surface area contributed by atoms with Crippen molar-refractivity contribution in [3.63, 3.8) is 0 Å². The van der Waals surface area contributed by atoms with Gasteiger partial charge >= 0.3 is 5.97 Å². The predicted octanol–water partition coefficient (Wildman–Crippen LogP) is 3.90. The van der Waals surface area contributed by atoms with Gasteiger partial charge in [0.2, 0.25) is 0 Å². The molecule has 2 heterocycles. The van der Waals surface area contributed by atoms with Crippen LogP contribution < -0.4 is 0 Å². The van der Waals surface area contributed by atoms with Crippen LogP contribution in [0.5, 0.6) is 0 Å². The minimum Gasteiger partial charge on any atom is -0.460 e. The van der Waals surface area contributed by atoms with Gasteiger partial charge in [-0.3, -0.25) is 14.5 Å². The molecule has 2 aromatic rings. The van der Waals surface area contributed by atoms with E-state index in [9.17, 15) is 19.6 Å². The summed E-state index contributed by atoms with van der Waals surface area (Å²) in [6, 6.07) is 10.4. The molecule has 7 heteroatoms. The van der Waals surface area contributed by atoms with Crippen LogP contribution in [-0.4, -0.2) is 40.4 Å². The summed E-state index contributed by atoms with van der Waals surface area (Å²) < 4.78 is 7.37. The number of nitrogens with zero attached hydrogens (tertiary/aromatic N) is 3. The summed E-state index contributed by atoms with van der Waals surface area (Å²) in [4.78, 5) is 38.3. The molecule has 0 atom stereocenters. The van der Waals surface area contributed by atoms with E-state index in [1.165, 1.54) is 6.08 Å². The Hall–Kier alpha value is -3.66. The fourth-order valence-electron chi connectivity index (χ4n) is 3.75. The number of rotatable bonds is 8. The monoisotopic (exact) mass is 433 g/mol. The average molecular weight is 434 g/mol. The second-order valence-corrected chi connectivity index (χ2v) is 8.27. The predicted molar refractivity (Wildman–Crippen MR) is 120 cm³/mol. The number of esters is 1. The number of imide groups is 1. The fourth-order valence-corrected chi connectivity index (χ4v) is 3.75. The van der Waals surface area contributed by atoms with Crippen LogP contribution in [0.1, 0.15) is 57.9 Å². The van der Waals surface area contributed by atoms with Gasteiger partial charge in [-0.25, -0.2) is 4.79 Å². The summed E-state index contributed by atoms with van der Waals surface area (Å²) in [7, 11) is 0. The maximum absolute atomic E-state index is 12.4. The molecule has 3 rings (SSSR count). The zero-order chi connectivity index (χ0) is 23.4. The number of carbonyl (C=O) groups excluding carboxylic acids is 3. The van der Waals surface area contributed by atoms with Gasteiger partial charge in [0.25, 0.3) is 11.8 Å². The van der Waals surface area contributed by atoms with Crippen molar-refractivity contribution in [2.75, 3.05) is 13.2 Å². The minimum atomic E-state index is -0.781. The molecule has 0 saturated carbocycles. The highest BCUT2D eigenvalue weighted by Gasteiger charge is 2.34. The zero-order valence-electron chi connectivity index (χ0n) is 18.8. The number of amides is 2. The molecule has 1 aliphatic rings. The van der Waals surface area contributed by atoms with E-state index >= 15 is 0 Å². The molecular formula is C25H27N3O4. The normalized spacial score (nSPS) is 13.5. The SMILES string of the molecule is Cc1cc(/C=C(/C#N)C(=O)OCCN2C(=O)c3ccccc3C2=O)c(C)n1CCC(C)C. The lowest BCUT2D eigenvalue weighted by molar-refractivity contribution is -0.138. The van der Waals surface area contributed by atoms with Gasteiger partial charge < -0.3 is 9.30 Å². The summed E-state index contributed by atoms with van der Waals surface area (Å²) in [6.45, 7) is 8.91. The van der Waals surface area contributed by atoms with Gasteiger partial charge in [-0.2, -0.15) is 5.26 Å². The van der Waals surface area contributed by atoms with Gasteiger partial charge in [-0.05, 0) is 56.0 Å². The molecule has 1 aromatic carbocycles. The van der Waals surface area contributed by atoms with Gasteiger partial charge in [-0.1, -0.05) is 26.0 Å². The van der Waals surface area contributed by atoms with Crippen LogP contribution in [-0.2, 0) is 16.1 Å². The van der Waals surface area contributed by atoms with E-state index in [1.807, 2.05) is 26.0 Å². The highest BCUT2D eigenvalue weighted by Crippen LogP contribution is 2.22. The van der Waals surface area contributed by atoms with Crippen molar-refractivity contribution in [3.8, 4) is 6.07 Å². The Morgan fingerprint density at radius 2 is 1.75 bits per heavy atom. The molecule has 0 fully saturated rings. The molecule has 0 saturated heterocycles. The first kappa shape index (κ1) is 23.0.